The average molecular weight is 410 g/mol. The molecule has 2 aromatic rings. The van der Waals surface area contributed by atoms with Gasteiger partial charge in [-0.05, 0) is 80.7 Å². The monoisotopic (exact) mass is 409 g/mol. The second-order valence-electron chi connectivity index (χ2n) is 8.21. The first-order valence-electron chi connectivity index (χ1n) is 10.9. The van der Waals surface area contributed by atoms with Crippen molar-refractivity contribution in [2.24, 2.45) is 0 Å². The lowest BCUT2D eigenvalue weighted by molar-refractivity contribution is -0.121. The molecule has 2 aromatic carbocycles. The molecule has 2 heterocycles. The topological polar surface area (TPSA) is 65.0 Å². The fourth-order valence-electron chi connectivity index (χ4n) is 4.36. The van der Waals surface area contributed by atoms with Crippen molar-refractivity contribution in [3.8, 4) is 5.75 Å². The van der Waals surface area contributed by atoms with Gasteiger partial charge in [0.1, 0.15) is 5.75 Å². The predicted octanol–water partition coefficient (Wildman–Crippen LogP) is 3.44. The third-order valence-electron chi connectivity index (χ3n) is 6.33. The van der Waals surface area contributed by atoms with Crippen molar-refractivity contribution in [1.82, 2.24) is 4.90 Å². The van der Waals surface area contributed by atoms with Gasteiger partial charge in [0.25, 0.3) is 0 Å². The van der Waals surface area contributed by atoms with Crippen LogP contribution in [0.5, 0.6) is 5.75 Å². The lowest BCUT2D eigenvalue weighted by Gasteiger charge is -2.35. The standard InChI is InChI=1S/C24H31N3O3/c1-18(26-12-10-20(11-13-26)19-2-8-23(28)9-3-19)24(29)25-21-4-6-22(7-5-21)27-14-16-30-17-15-27/h2-9,18,20,28H,10-17H2,1H3,(H,25,29). The number of aromatic hydroxyl groups is 1. The van der Waals surface area contributed by atoms with Crippen LogP contribution in [0, 0.1) is 0 Å². The highest BCUT2D eigenvalue weighted by molar-refractivity contribution is 5.94. The summed E-state index contributed by atoms with van der Waals surface area (Å²) in [5, 5.41) is 12.5. The Labute approximate surface area is 178 Å². The summed E-state index contributed by atoms with van der Waals surface area (Å²) in [6.07, 6.45) is 2.05. The van der Waals surface area contributed by atoms with Gasteiger partial charge >= 0.3 is 0 Å². The number of hydrogen-bond acceptors (Lipinski definition) is 5. The molecular weight excluding hydrogens is 378 g/mol. The van der Waals surface area contributed by atoms with Gasteiger partial charge in [0.2, 0.25) is 5.91 Å². The maximum Gasteiger partial charge on any atom is 0.241 e. The van der Waals surface area contributed by atoms with Crippen molar-refractivity contribution in [3.05, 3.63) is 54.1 Å². The first-order valence-corrected chi connectivity index (χ1v) is 10.9. The van der Waals surface area contributed by atoms with Crippen molar-refractivity contribution >= 4 is 17.3 Å². The molecule has 2 aliphatic rings. The summed E-state index contributed by atoms with van der Waals surface area (Å²) in [5.74, 6) is 0.835. The normalized spacial score (nSPS) is 19.4. The van der Waals surface area contributed by atoms with Crippen LogP contribution in [0.3, 0.4) is 0 Å². The number of morpholine rings is 1. The van der Waals surface area contributed by atoms with Crippen molar-refractivity contribution in [2.75, 3.05) is 49.6 Å². The number of hydrogen-bond donors (Lipinski definition) is 2. The quantitative estimate of drug-likeness (QED) is 0.792. The van der Waals surface area contributed by atoms with E-state index < -0.39 is 0 Å². The summed E-state index contributed by atoms with van der Waals surface area (Å²) < 4.78 is 5.40. The number of carbonyl (C=O) groups is 1. The number of rotatable bonds is 5. The molecular formula is C24H31N3O3. The molecule has 2 saturated heterocycles. The molecule has 1 atom stereocenters. The van der Waals surface area contributed by atoms with Gasteiger partial charge in [-0.15, -0.1) is 0 Å². The van der Waals surface area contributed by atoms with Gasteiger partial charge in [-0.25, -0.2) is 0 Å². The zero-order chi connectivity index (χ0) is 20.9. The van der Waals surface area contributed by atoms with Crippen LogP contribution in [-0.2, 0) is 9.53 Å². The molecule has 30 heavy (non-hydrogen) atoms. The highest BCUT2D eigenvalue weighted by Crippen LogP contribution is 2.30. The molecule has 2 aliphatic heterocycles. The molecule has 6 heteroatoms. The minimum absolute atomic E-state index is 0.0391. The Hall–Kier alpha value is -2.57. The van der Waals surface area contributed by atoms with Gasteiger partial charge in [0.15, 0.2) is 0 Å². The number of benzene rings is 2. The van der Waals surface area contributed by atoms with Crippen LogP contribution in [-0.4, -0.2) is 61.3 Å². The Morgan fingerprint density at radius 1 is 1.00 bits per heavy atom. The second-order valence-corrected chi connectivity index (χ2v) is 8.21. The molecule has 6 nitrogen and oxygen atoms in total. The van der Waals surface area contributed by atoms with E-state index >= 15 is 0 Å². The van der Waals surface area contributed by atoms with Crippen LogP contribution < -0.4 is 10.2 Å². The van der Waals surface area contributed by atoms with E-state index in [2.05, 4.69) is 27.2 Å². The minimum atomic E-state index is -0.162. The molecule has 0 aliphatic carbocycles. The number of nitrogens with one attached hydrogen (secondary N) is 1. The van der Waals surface area contributed by atoms with E-state index in [1.165, 1.54) is 11.3 Å². The Balaban J connectivity index is 1.28. The summed E-state index contributed by atoms with van der Waals surface area (Å²) in [7, 11) is 0. The summed E-state index contributed by atoms with van der Waals surface area (Å²) in [6, 6.07) is 15.4. The van der Waals surface area contributed by atoms with Crippen molar-refractivity contribution in [3.63, 3.8) is 0 Å². The lowest BCUT2D eigenvalue weighted by Crippen LogP contribution is -2.45. The number of piperidine rings is 1. The van der Waals surface area contributed by atoms with E-state index in [9.17, 15) is 9.90 Å². The largest absolute Gasteiger partial charge is 0.508 e. The summed E-state index contributed by atoms with van der Waals surface area (Å²) >= 11 is 0. The van der Waals surface area contributed by atoms with E-state index in [4.69, 9.17) is 4.74 Å². The maximum atomic E-state index is 12.8. The summed E-state index contributed by atoms with van der Waals surface area (Å²) in [6.45, 7) is 7.12. The van der Waals surface area contributed by atoms with Crippen LogP contribution in [0.25, 0.3) is 0 Å². The number of ether oxygens (including phenoxy) is 1. The van der Waals surface area contributed by atoms with Crippen LogP contribution in [0.2, 0.25) is 0 Å². The number of carbonyl (C=O) groups excluding carboxylic acids is 1. The van der Waals surface area contributed by atoms with Gasteiger partial charge < -0.3 is 20.1 Å². The third-order valence-corrected chi connectivity index (χ3v) is 6.33. The van der Waals surface area contributed by atoms with E-state index in [-0.39, 0.29) is 11.9 Å². The summed E-state index contributed by atoms with van der Waals surface area (Å²) in [5.41, 5.74) is 3.27. The zero-order valence-electron chi connectivity index (χ0n) is 17.6. The average Bonchev–Trinajstić information content (AvgIpc) is 2.80. The maximum absolute atomic E-state index is 12.8. The first-order chi connectivity index (χ1) is 14.6. The molecule has 2 fully saturated rings. The van der Waals surface area contributed by atoms with E-state index in [0.717, 1.165) is 57.9 Å². The smallest absolute Gasteiger partial charge is 0.241 e. The molecule has 1 unspecified atom stereocenters. The highest BCUT2D eigenvalue weighted by Gasteiger charge is 2.27. The van der Waals surface area contributed by atoms with Crippen molar-refractivity contribution < 1.29 is 14.6 Å². The SMILES string of the molecule is CC(C(=O)Nc1ccc(N2CCOCC2)cc1)N1CCC(c2ccc(O)cc2)CC1. The molecule has 4 rings (SSSR count). The number of phenolic OH excluding ortho intramolecular Hbond substituents is 1. The Bertz CT molecular complexity index is 824. The highest BCUT2D eigenvalue weighted by atomic mass is 16.5. The number of phenols is 1. The van der Waals surface area contributed by atoms with Gasteiger partial charge in [-0.3, -0.25) is 9.69 Å². The molecule has 0 bridgehead atoms. The van der Waals surface area contributed by atoms with Gasteiger partial charge in [0.05, 0.1) is 19.3 Å². The molecule has 160 valence electrons. The Kier molecular flexibility index (Phi) is 6.55. The molecule has 1 amide bonds. The van der Waals surface area contributed by atoms with E-state index in [0.29, 0.717) is 11.7 Å². The summed E-state index contributed by atoms with van der Waals surface area (Å²) in [4.78, 5) is 17.3. The molecule has 0 aromatic heterocycles. The molecule has 0 saturated carbocycles. The number of anilines is 2. The van der Waals surface area contributed by atoms with Crippen molar-refractivity contribution in [2.45, 2.75) is 31.7 Å². The Morgan fingerprint density at radius 3 is 2.27 bits per heavy atom. The van der Waals surface area contributed by atoms with E-state index in [1.54, 1.807) is 12.1 Å². The van der Waals surface area contributed by atoms with E-state index in [1.807, 2.05) is 31.2 Å². The van der Waals surface area contributed by atoms with Gasteiger partial charge in [0, 0.05) is 24.5 Å². The predicted molar refractivity (Wildman–Crippen MR) is 119 cm³/mol. The molecule has 0 spiro atoms. The fraction of sp³-hybridized carbons (Fsp3) is 0.458. The Morgan fingerprint density at radius 2 is 1.63 bits per heavy atom. The number of nitrogens with zero attached hydrogens (tertiary/aromatic N) is 2. The molecule has 0 radical (unpaired) electrons. The van der Waals surface area contributed by atoms with Gasteiger partial charge in [-0.2, -0.15) is 0 Å². The zero-order valence-corrected chi connectivity index (χ0v) is 17.6. The van der Waals surface area contributed by atoms with Crippen LogP contribution in [0.1, 0.15) is 31.2 Å². The van der Waals surface area contributed by atoms with Crippen LogP contribution in [0.15, 0.2) is 48.5 Å². The molecule has 2 N–H and O–H groups in total. The minimum Gasteiger partial charge on any atom is -0.508 e. The van der Waals surface area contributed by atoms with Crippen LogP contribution >= 0.6 is 0 Å². The number of amides is 1. The van der Waals surface area contributed by atoms with Gasteiger partial charge in [-0.1, -0.05) is 12.1 Å². The lowest BCUT2D eigenvalue weighted by atomic mass is 9.89. The van der Waals surface area contributed by atoms with Crippen molar-refractivity contribution in [1.29, 1.82) is 0 Å². The third kappa shape index (κ3) is 4.94. The number of likely N-dealkylation sites (tertiary alicyclic amines) is 1. The second kappa shape index (κ2) is 9.49. The van der Waals surface area contributed by atoms with Crippen LogP contribution in [0.4, 0.5) is 11.4 Å². The first kappa shape index (κ1) is 20.7. The fourth-order valence-corrected chi connectivity index (χ4v) is 4.36.